The molecule has 0 spiro atoms. The Kier molecular flexibility index (Phi) is 6.28. The number of amides is 1. The van der Waals surface area contributed by atoms with Gasteiger partial charge in [0.15, 0.2) is 0 Å². The maximum absolute atomic E-state index is 13.2. The van der Waals surface area contributed by atoms with Gasteiger partial charge in [-0.1, -0.05) is 44.2 Å². The first-order chi connectivity index (χ1) is 12.6. The van der Waals surface area contributed by atoms with Crippen molar-refractivity contribution in [2.75, 3.05) is 31.5 Å². The van der Waals surface area contributed by atoms with Crippen molar-refractivity contribution in [3.63, 3.8) is 0 Å². The zero-order valence-corrected chi connectivity index (χ0v) is 17.0. The molecule has 146 valence electrons. The van der Waals surface area contributed by atoms with Gasteiger partial charge in [-0.15, -0.1) is 0 Å². The molecule has 7 heteroatoms. The maximum Gasteiger partial charge on any atom is 0.264 e. The first-order valence-corrected chi connectivity index (χ1v) is 10.1. The van der Waals surface area contributed by atoms with E-state index in [1.54, 1.807) is 49.5 Å². The number of sulfonamides is 1. The molecule has 0 aliphatic carbocycles. The normalized spacial score (nSPS) is 11.9. The van der Waals surface area contributed by atoms with Crippen LogP contribution in [0.25, 0.3) is 0 Å². The van der Waals surface area contributed by atoms with Gasteiger partial charge in [0.1, 0.15) is 4.90 Å². The summed E-state index contributed by atoms with van der Waals surface area (Å²) in [6, 6.07) is 15.0. The smallest absolute Gasteiger partial charge is 0.264 e. The van der Waals surface area contributed by atoms with Gasteiger partial charge in [0.05, 0.1) is 11.3 Å². The number of benzene rings is 2. The zero-order valence-electron chi connectivity index (χ0n) is 16.2. The van der Waals surface area contributed by atoms with Gasteiger partial charge < -0.3 is 10.6 Å². The van der Waals surface area contributed by atoms with E-state index in [4.69, 9.17) is 5.73 Å². The average Bonchev–Trinajstić information content (AvgIpc) is 2.67. The lowest BCUT2D eigenvalue weighted by Crippen LogP contribution is -2.40. The fourth-order valence-electron chi connectivity index (χ4n) is 2.78. The minimum absolute atomic E-state index is 0.0150. The molecule has 0 heterocycles. The van der Waals surface area contributed by atoms with Crippen molar-refractivity contribution < 1.29 is 13.2 Å². The minimum Gasteiger partial charge on any atom is -0.341 e. The lowest BCUT2D eigenvalue weighted by molar-refractivity contribution is 0.0736. The predicted octanol–water partition coefficient (Wildman–Crippen LogP) is 2.57. The standard InChI is InChI=1S/C20H27N3O3S/c1-20(2,14-21)15-22(3)19(24)17-12-8-9-13-18(17)27(25,26)23(4)16-10-6-5-7-11-16/h5-13H,14-15,21H2,1-4H3. The summed E-state index contributed by atoms with van der Waals surface area (Å²) in [4.78, 5) is 14.5. The second-order valence-electron chi connectivity index (χ2n) is 7.33. The van der Waals surface area contributed by atoms with Crippen LogP contribution >= 0.6 is 0 Å². The van der Waals surface area contributed by atoms with E-state index in [0.29, 0.717) is 18.8 Å². The van der Waals surface area contributed by atoms with Crippen LogP contribution in [0.3, 0.4) is 0 Å². The molecule has 27 heavy (non-hydrogen) atoms. The molecular formula is C20H27N3O3S. The van der Waals surface area contributed by atoms with E-state index in [9.17, 15) is 13.2 Å². The minimum atomic E-state index is -3.89. The van der Waals surface area contributed by atoms with E-state index >= 15 is 0 Å². The number of hydrogen-bond donors (Lipinski definition) is 1. The largest absolute Gasteiger partial charge is 0.341 e. The molecule has 0 radical (unpaired) electrons. The molecule has 2 aromatic carbocycles. The maximum atomic E-state index is 13.2. The second-order valence-corrected chi connectivity index (χ2v) is 9.27. The summed E-state index contributed by atoms with van der Waals surface area (Å²) in [7, 11) is -0.753. The Hall–Kier alpha value is -2.38. The number of nitrogens with zero attached hydrogens (tertiary/aromatic N) is 2. The van der Waals surface area contributed by atoms with Crippen molar-refractivity contribution in [2.24, 2.45) is 11.1 Å². The SMILES string of the molecule is CN(CC(C)(C)CN)C(=O)c1ccccc1S(=O)(=O)N(C)c1ccccc1. The Bertz CT molecular complexity index is 896. The number of hydrogen-bond acceptors (Lipinski definition) is 4. The van der Waals surface area contributed by atoms with Crippen LogP contribution in [0.1, 0.15) is 24.2 Å². The van der Waals surface area contributed by atoms with Crippen molar-refractivity contribution in [3.8, 4) is 0 Å². The fourth-order valence-corrected chi connectivity index (χ4v) is 4.15. The van der Waals surface area contributed by atoms with Crippen LogP contribution in [0.5, 0.6) is 0 Å². The highest BCUT2D eigenvalue weighted by Crippen LogP contribution is 2.25. The summed E-state index contributed by atoms with van der Waals surface area (Å²) in [6.07, 6.45) is 0. The lowest BCUT2D eigenvalue weighted by Gasteiger charge is -2.29. The molecule has 0 unspecified atom stereocenters. The molecule has 1 amide bonds. The van der Waals surface area contributed by atoms with Crippen LogP contribution < -0.4 is 10.0 Å². The van der Waals surface area contributed by atoms with Crippen molar-refractivity contribution in [2.45, 2.75) is 18.7 Å². The van der Waals surface area contributed by atoms with E-state index < -0.39 is 10.0 Å². The van der Waals surface area contributed by atoms with Crippen LogP contribution in [-0.2, 0) is 10.0 Å². The van der Waals surface area contributed by atoms with E-state index in [2.05, 4.69) is 0 Å². The average molecular weight is 390 g/mol. The van der Waals surface area contributed by atoms with E-state index in [0.717, 1.165) is 0 Å². The van der Waals surface area contributed by atoms with Gasteiger partial charge >= 0.3 is 0 Å². The zero-order chi connectivity index (χ0) is 20.2. The number of anilines is 1. The highest BCUT2D eigenvalue weighted by atomic mass is 32.2. The van der Waals surface area contributed by atoms with Gasteiger partial charge in [-0.3, -0.25) is 9.10 Å². The van der Waals surface area contributed by atoms with Gasteiger partial charge in [0.2, 0.25) is 0 Å². The number of carbonyl (C=O) groups is 1. The summed E-state index contributed by atoms with van der Waals surface area (Å²) in [6.45, 7) is 4.76. The van der Waals surface area contributed by atoms with Gasteiger partial charge in [0.25, 0.3) is 15.9 Å². The highest BCUT2D eigenvalue weighted by Gasteiger charge is 2.29. The van der Waals surface area contributed by atoms with Crippen molar-refractivity contribution >= 4 is 21.6 Å². The molecule has 0 atom stereocenters. The number of rotatable bonds is 7. The Morgan fingerprint density at radius 1 is 1.00 bits per heavy atom. The molecular weight excluding hydrogens is 362 g/mol. The number of carbonyl (C=O) groups excluding carboxylic acids is 1. The third kappa shape index (κ3) is 4.67. The summed E-state index contributed by atoms with van der Waals surface area (Å²) < 4.78 is 27.5. The summed E-state index contributed by atoms with van der Waals surface area (Å²) in [5.41, 5.74) is 6.17. The van der Waals surface area contributed by atoms with Crippen LogP contribution in [0.15, 0.2) is 59.5 Å². The molecule has 2 rings (SSSR count). The predicted molar refractivity (Wildman–Crippen MR) is 108 cm³/mol. The van der Waals surface area contributed by atoms with Crippen LogP contribution in [-0.4, -0.2) is 46.4 Å². The Labute approximate surface area is 161 Å². The Balaban J connectivity index is 2.41. The molecule has 0 saturated heterocycles. The molecule has 0 bridgehead atoms. The molecule has 0 aliphatic heterocycles. The Morgan fingerprint density at radius 2 is 1.56 bits per heavy atom. The van der Waals surface area contributed by atoms with E-state index in [1.807, 2.05) is 19.9 Å². The molecule has 6 nitrogen and oxygen atoms in total. The van der Waals surface area contributed by atoms with Gasteiger partial charge in [-0.05, 0) is 36.2 Å². The third-order valence-electron chi connectivity index (χ3n) is 4.44. The monoisotopic (exact) mass is 389 g/mol. The number of para-hydroxylation sites is 1. The molecule has 0 aromatic heterocycles. The first-order valence-electron chi connectivity index (χ1n) is 8.69. The van der Waals surface area contributed by atoms with E-state index in [1.165, 1.54) is 22.3 Å². The molecule has 0 aliphatic rings. The lowest BCUT2D eigenvalue weighted by atomic mass is 9.93. The quantitative estimate of drug-likeness (QED) is 0.789. The van der Waals surface area contributed by atoms with Crippen molar-refractivity contribution in [1.29, 1.82) is 0 Å². The third-order valence-corrected chi connectivity index (χ3v) is 6.28. The molecule has 2 N–H and O–H groups in total. The van der Waals surface area contributed by atoms with E-state index in [-0.39, 0.29) is 21.8 Å². The first kappa shape index (κ1) is 20.9. The summed E-state index contributed by atoms with van der Waals surface area (Å²) >= 11 is 0. The van der Waals surface area contributed by atoms with Gasteiger partial charge in [0, 0.05) is 20.6 Å². The fraction of sp³-hybridized carbons (Fsp3) is 0.350. The highest BCUT2D eigenvalue weighted by molar-refractivity contribution is 7.92. The molecule has 0 fully saturated rings. The van der Waals surface area contributed by atoms with Crippen molar-refractivity contribution in [3.05, 3.63) is 60.2 Å². The molecule has 0 saturated carbocycles. The number of nitrogens with two attached hydrogens (primary N) is 1. The van der Waals surface area contributed by atoms with Crippen LogP contribution in [0, 0.1) is 5.41 Å². The summed E-state index contributed by atoms with van der Waals surface area (Å²) in [5.74, 6) is -0.350. The summed E-state index contributed by atoms with van der Waals surface area (Å²) in [5, 5.41) is 0. The van der Waals surface area contributed by atoms with Crippen LogP contribution in [0.4, 0.5) is 5.69 Å². The topological polar surface area (TPSA) is 83.7 Å². The van der Waals surface area contributed by atoms with Gasteiger partial charge in [-0.2, -0.15) is 0 Å². The molecule has 2 aromatic rings. The van der Waals surface area contributed by atoms with Crippen LogP contribution in [0.2, 0.25) is 0 Å². The Morgan fingerprint density at radius 3 is 2.15 bits per heavy atom. The second kappa shape index (κ2) is 8.10. The van der Waals surface area contributed by atoms with Gasteiger partial charge in [-0.25, -0.2) is 8.42 Å². The van der Waals surface area contributed by atoms with Crippen molar-refractivity contribution in [1.82, 2.24) is 4.90 Å².